The van der Waals surface area contributed by atoms with Crippen LogP contribution in [0.3, 0.4) is 0 Å². The lowest BCUT2D eigenvalue weighted by Gasteiger charge is -2.08. The van der Waals surface area contributed by atoms with Gasteiger partial charge in [0, 0.05) is 6.54 Å². The van der Waals surface area contributed by atoms with E-state index in [1.807, 2.05) is 0 Å². The second kappa shape index (κ2) is 6.28. The molecular weight excluding hydrogens is 247 g/mol. The number of halogens is 3. The molecule has 0 heterocycles. The standard InChI is InChI=1S/C12H14F3NO2/c1-2-18-11(17)16-8-7-9-3-5-10(6-4-9)12(13,14)15/h3-6H,2,7-8H2,1H3,(H,16,17). The number of carbonyl (C=O) groups is 1. The molecule has 0 radical (unpaired) electrons. The van der Waals surface area contributed by atoms with E-state index in [-0.39, 0.29) is 6.61 Å². The fourth-order valence-corrected chi connectivity index (χ4v) is 1.35. The maximum Gasteiger partial charge on any atom is 0.416 e. The van der Waals surface area contributed by atoms with Crippen molar-refractivity contribution in [2.45, 2.75) is 19.5 Å². The van der Waals surface area contributed by atoms with Gasteiger partial charge in [-0.25, -0.2) is 4.79 Å². The Morgan fingerprint density at radius 3 is 2.39 bits per heavy atom. The van der Waals surface area contributed by atoms with Gasteiger partial charge in [-0.15, -0.1) is 0 Å². The summed E-state index contributed by atoms with van der Waals surface area (Å²) in [7, 11) is 0. The van der Waals surface area contributed by atoms with Crippen LogP contribution in [0.2, 0.25) is 0 Å². The molecule has 1 rings (SSSR count). The lowest BCUT2D eigenvalue weighted by atomic mass is 10.1. The number of carbonyl (C=O) groups excluding carboxylic acids is 1. The number of rotatable bonds is 4. The topological polar surface area (TPSA) is 38.3 Å². The number of nitrogens with one attached hydrogen (secondary N) is 1. The molecule has 0 aliphatic rings. The molecule has 18 heavy (non-hydrogen) atoms. The summed E-state index contributed by atoms with van der Waals surface area (Å²) in [5.41, 5.74) is 0.0457. The number of ether oxygens (including phenoxy) is 1. The van der Waals surface area contributed by atoms with Gasteiger partial charge in [0.15, 0.2) is 0 Å². The van der Waals surface area contributed by atoms with Gasteiger partial charge < -0.3 is 10.1 Å². The lowest BCUT2D eigenvalue weighted by molar-refractivity contribution is -0.137. The fraction of sp³-hybridized carbons (Fsp3) is 0.417. The third-order valence-electron chi connectivity index (χ3n) is 2.24. The summed E-state index contributed by atoms with van der Waals surface area (Å²) in [4.78, 5) is 10.9. The minimum Gasteiger partial charge on any atom is -0.450 e. The molecule has 0 aliphatic carbocycles. The third-order valence-corrected chi connectivity index (χ3v) is 2.24. The molecule has 0 unspecified atom stereocenters. The Morgan fingerprint density at radius 2 is 1.89 bits per heavy atom. The average Bonchev–Trinajstić information content (AvgIpc) is 2.29. The van der Waals surface area contributed by atoms with Gasteiger partial charge in [-0.3, -0.25) is 0 Å². The highest BCUT2D eigenvalue weighted by atomic mass is 19.4. The smallest absolute Gasteiger partial charge is 0.416 e. The van der Waals surface area contributed by atoms with Crippen molar-refractivity contribution in [3.8, 4) is 0 Å². The van der Waals surface area contributed by atoms with Crippen LogP contribution < -0.4 is 5.32 Å². The molecule has 0 aromatic heterocycles. The number of alkyl halides is 3. The Bertz CT molecular complexity index is 387. The first-order valence-electron chi connectivity index (χ1n) is 5.50. The summed E-state index contributed by atoms with van der Waals surface area (Å²) in [6, 6.07) is 4.85. The van der Waals surface area contributed by atoms with Gasteiger partial charge in [0.1, 0.15) is 0 Å². The molecule has 0 aliphatic heterocycles. The normalized spacial score (nSPS) is 11.1. The maximum absolute atomic E-state index is 12.3. The highest BCUT2D eigenvalue weighted by Crippen LogP contribution is 2.29. The van der Waals surface area contributed by atoms with Crippen molar-refractivity contribution in [2.75, 3.05) is 13.2 Å². The highest BCUT2D eigenvalue weighted by molar-refractivity contribution is 5.67. The van der Waals surface area contributed by atoms with Crippen LogP contribution in [0.25, 0.3) is 0 Å². The van der Waals surface area contributed by atoms with E-state index in [1.165, 1.54) is 12.1 Å². The largest absolute Gasteiger partial charge is 0.450 e. The summed E-state index contributed by atoms with van der Waals surface area (Å²) in [5, 5.41) is 2.49. The van der Waals surface area contributed by atoms with Crippen LogP contribution in [0.5, 0.6) is 0 Å². The van der Waals surface area contributed by atoms with Gasteiger partial charge in [-0.05, 0) is 31.0 Å². The number of hydrogen-bond acceptors (Lipinski definition) is 2. The summed E-state index contributed by atoms with van der Waals surface area (Å²) >= 11 is 0. The Labute approximate surface area is 103 Å². The molecule has 1 aromatic carbocycles. The molecular formula is C12H14F3NO2. The molecule has 6 heteroatoms. The minimum absolute atomic E-state index is 0.284. The first kappa shape index (κ1) is 14.3. The van der Waals surface area contributed by atoms with Gasteiger partial charge in [0.2, 0.25) is 0 Å². The quantitative estimate of drug-likeness (QED) is 0.904. The molecule has 1 amide bonds. The van der Waals surface area contributed by atoms with E-state index < -0.39 is 17.8 Å². The van der Waals surface area contributed by atoms with E-state index in [9.17, 15) is 18.0 Å². The van der Waals surface area contributed by atoms with Crippen LogP contribution in [0, 0.1) is 0 Å². The predicted octanol–water partition coefficient (Wildman–Crippen LogP) is 2.99. The SMILES string of the molecule is CCOC(=O)NCCc1ccc(C(F)(F)F)cc1. The number of hydrogen-bond donors (Lipinski definition) is 1. The van der Waals surface area contributed by atoms with E-state index in [4.69, 9.17) is 0 Å². The van der Waals surface area contributed by atoms with Crippen molar-refractivity contribution in [3.05, 3.63) is 35.4 Å². The molecule has 100 valence electrons. The molecule has 3 nitrogen and oxygen atoms in total. The van der Waals surface area contributed by atoms with Crippen LogP contribution in [-0.4, -0.2) is 19.2 Å². The number of amides is 1. The van der Waals surface area contributed by atoms with Gasteiger partial charge in [-0.2, -0.15) is 13.2 Å². The van der Waals surface area contributed by atoms with Crippen molar-refractivity contribution in [1.82, 2.24) is 5.32 Å². The van der Waals surface area contributed by atoms with Crippen LogP contribution in [0.4, 0.5) is 18.0 Å². The van der Waals surface area contributed by atoms with Crippen molar-refractivity contribution in [1.29, 1.82) is 0 Å². The van der Waals surface area contributed by atoms with Crippen molar-refractivity contribution in [3.63, 3.8) is 0 Å². The molecule has 1 N–H and O–H groups in total. The zero-order valence-electron chi connectivity index (χ0n) is 9.88. The van der Waals surface area contributed by atoms with E-state index in [0.29, 0.717) is 13.0 Å². The number of benzene rings is 1. The maximum atomic E-state index is 12.3. The second-order valence-electron chi connectivity index (χ2n) is 3.59. The van der Waals surface area contributed by atoms with Crippen molar-refractivity contribution < 1.29 is 22.7 Å². The Balaban J connectivity index is 2.42. The number of alkyl carbamates (subject to hydrolysis) is 1. The fourth-order valence-electron chi connectivity index (χ4n) is 1.35. The first-order chi connectivity index (χ1) is 8.43. The van der Waals surface area contributed by atoms with Crippen LogP contribution in [-0.2, 0) is 17.3 Å². The van der Waals surface area contributed by atoms with Crippen LogP contribution in [0.15, 0.2) is 24.3 Å². The third kappa shape index (κ3) is 4.65. The Morgan fingerprint density at radius 1 is 1.28 bits per heavy atom. The minimum atomic E-state index is -4.32. The lowest BCUT2D eigenvalue weighted by Crippen LogP contribution is -2.26. The Hall–Kier alpha value is -1.72. The molecule has 0 fully saturated rings. The van der Waals surface area contributed by atoms with Crippen LogP contribution >= 0.6 is 0 Å². The van der Waals surface area contributed by atoms with Gasteiger partial charge in [0.25, 0.3) is 0 Å². The molecule has 0 saturated heterocycles. The van der Waals surface area contributed by atoms with Gasteiger partial charge in [0.05, 0.1) is 12.2 Å². The van der Waals surface area contributed by atoms with Crippen molar-refractivity contribution >= 4 is 6.09 Å². The summed E-state index contributed by atoms with van der Waals surface area (Å²) in [6.45, 7) is 2.30. The van der Waals surface area contributed by atoms with Crippen molar-refractivity contribution in [2.24, 2.45) is 0 Å². The monoisotopic (exact) mass is 261 g/mol. The molecule has 1 aromatic rings. The Kier molecular flexibility index (Phi) is 5.00. The summed E-state index contributed by atoms with van der Waals surface area (Å²) < 4.78 is 41.5. The average molecular weight is 261 g/mol. The molecule has 0 atom stereocenters. The molecule has 0 saturated carbocycles. The van der Waals surface area contributed by atoms with Crippen LogP contribution in [0.1, 0.15) is 18.1 Å². The predicted molar refractivity (Wildman–Crippen MR) is 60.2 cm³/mol. The zero-order chi connectivity index (χ0) is 13.6. The molecule has 0 bridgehead atoms. The summed E-state index contributed by atoms with van der Waals surface area (Å²) in [5.74, 6) is 0. The van der Waals surface area contributed by atoms with E-state index >= 15 is 0 Å². The zero-order valence-corrected chi connectivity index (χ0v) is 9.88. The van der Waals surface area contributed by atoms with E-state index in [2.05, 4.69) is 10.1 Å². The second-order valence-corrected chi connectivity index (χ2v) is 3.59. The van der Waals surface area contributed by atoms with Gasteiger partial charge >= 0.3 is 12.3 Å². The van der Waals surface area contributed by atoms with Gasteiger partial charge in [-0.1, -0.05) is 12.1 Å². The van der Waals surface area contributed by atoms with E-state index in [1.54, 1.807) is 6.92 Å². The van der Waals surface area contributed by atoms with E-state index in [0.717, 1.165) is 17.7 Å². The highest BCUT2D eigenvalue weighted by Gasteiger charge is 2.29. The molecule has 0 spiro atoms. The summed E-state index contributed by atoms with van der Waals surface area (Å²) in [6.07, 6.45) is -4.39. The first-order valence-corrected chi connectivity index (χ1v) is 5.50.